The molecule has 8 heteroatoms. The topological polar surface area (TPSA) is 89.3 Å². The summed E-state index contributed by atoms with van der Waals surface area (Å²) in [5, 5.41) is 3.94. The van der Waals surface area contributed by atoms with Crippen molar-refractivity contribution < 1.29 is 12.8 Å². The van der Waals surface area contributed by atoms with E-state index in [0.717, 1.165) is 11.3 Å². The number of aromatic nitrogens is 1. The van der Waals surface area contributed by atoms with Crippen molar-refractivity contribution in [2.24, 2.45) is 0 Å². The average molecular weight is 372 g/mol. The van der Waals surface area contributed by atoms with Gasteiger partial charge in [0.25, 0.3) is 0 Å². The third kappa shape index (κ3) is 2.90. The molecule has 2 heterocycles. The van der Waals surface area contributed by atoms with E-state index in [9.17, 15) is 13.2 Å². The van der Waals surface area contributed by atoms with Gasteiger partial charge in [0.15, 0.2) is 15.4 Å². The number of nitrogens with zero attached hydrogens (tertiary/aromatic N) is 1. The van der Waals surface area contributed by atoms with Gasteiger partial charge in [-0.3, -0.25) is 4.98 Å². The van der Waals surface area contributed by atoms with E-state index < -0.39 is 9.84 Å². The highest BCUT2D eigenvalue weighted by Crippen LogP contribution is 2.32. The van der Waals surface area contributed by atoms with Gasteiger partial charge in [0.1, 0.15) is 4.70 Å². The standard InChI is InChI=1S/C17H12N2O4S2/c1-25(21,22)10-5-6-12-11(9-10)13(7-8-18-12)19-14-3-2-4-15-16(14)24-17(20)23-15/h2-9H,1H3,(H,18,19). The summed E-state index contributed by atoms with van der Waals surface area (Å²) in [6.07, 6.45) is 2.81. The molecule has 0 saturated carbocycles. The van der Waals surface area contributed by atoms with Crippen LogP contribution in [-0.2, 0) is 9.84 Å². The third-order valence-electron chi connectivity index (χ3n) is 3.77. The highest BCUT2D eigenvalue weighted by molar-refractivity contribution is 7.90. The lowest BCUT2D eigenvalue weighted by atomic mass is 10.2. The average Bonchev–Trinajstić information content (AvgIpc) is 2.95. The summed E-state index contributed by atoms with van der Waals surface area (Å²) in [6.45, 7) is 0. The molecule has 0 fully saturated rings. The highest BCUT2D eigenvalue weighted by atomic mass is 32.2. The first-order chi connectivity index (χ1) is 11.9. The molecule has 0 saturated heterocycles. The Bertz CT molecular complexity index is 1270. The molecule has 0 aliphatic heterocycles. The Morgan fingerprint density at radius 1 is 1.12 bits per heavy atom. The molecule has 25 heavy (non-hydrogen) atoms. The first kappa shape index (κ1) is 15.8. The van der Waals surface area contributed by atoms with Crippen LogP contribution >= 0.6 is 11.3 Å². The van der Waals surface area contributed by atoms with Gasteiger partial charge in [0, 0.05) is 23.5 Å². The number of rotatable bonds is 3. The molecule has 4 aromatic rings. The Balaban J connectivity index is 1.90. The molecular weight excluding hydrogens is 360 g/mol. The van der Waals surface area contributed by atoms with Gasteiger partial charge >= 0.3 is 4.94 Å². The Hall–Kier alpha value is -2.71. The predicted molar refractivity (Wildman–Crippen MR) is 98.5 cm³/mol. The van der Waals surface area contributed by atoms with Crippen LogP contribution < -0.4 is 10.3 Å². The molecule has 2 aromatic heterocycles. The molecule has 1 N–H and O–H groups in total. The second-order valence-electron chi connectivity index (χ2n) is 5.52. The van der Waals surface area contributed by atoms with Gasteiger partial charge in [-0.15, -0.1) is 0 Å². The van der Waals surface area contributed by atoms with Crippen LogP contribution in [0.15, 0.2) is 62.8 Å². The lowest BCUT2D eigenvalue weighted by Gasteiger charge is -2.10. The van der Waals surface area contributed by atoms with Gasteiger partial charge < -0.3 is 9.73 Å². The number of benzene rings is 2. The predicted octanol–water partition coefficient (Wildman–Crippen LogP) is 3.55. The van der Waals surface area contributed by atoms with Crippen molar-refractivity contribution in [3.8, 4) is 0 Å². The van der Waals surface area contributed by atoms with E-state index in [2.05, 4.69) is 10.3 Å². The molecule has 126 valence electrons. The molecule has 0 aliphatic carbocycles. The SMILES string of the molecule is CS(=O)(=O)c1ccc2nccc(Nc3cccc4oc(=O)sc34)c2c1. The summed E-state index contributed by atoms with van der Waals surface area (Å²) < 4.78 is 29.5. The van der Waals surface area contributed by atoms with E-state index in [1.807, 2.05) is 6.07 Å². The minimum absolute atomic E-state index is 0.224. The lowest BCUT2D eigenvalue weighted by molar-refractivity contribution is 0.585. The van der Waals surface area contributed by atoms with Gasteiger partial charge in [-0.05, 0) is 47.7 Å². The van der Waals surface area contributed by atoms with Crippen molar-refractivity contribution in [2.45, 2.75) is 4.90 Å². The van der Waals surface area contributed by atoms with Crippen molar-refractivity contribution in [1.29, 1.82) is 0 Å². The molecule has 4 rings (SSSR count). The maximum Gasteiger partial charge on any atom is 0.396 e. The Morgan fingerprint density at radius 3 is 2.76 bits per heavy atom. The number of nitrogens with one attached hydrogen (secondary N) is 1. The van der Waals surface area contributed by atoms with E-state index >= 15 is 0 Å². The van der Waals surface area contributed by atoms with Crippen LogP contribution in [-0.4, -0.2) is 19.7 Å². The van der Waals surface area contributed by atoms with Crippen molar-refractivity contribution in [1.82, 2.24) is 4.98 Å². The number of pyridine rings is 1. The number of hydrogen-bond acceptors (Lipinski definition) is 7. The second-order valence-corrected chi connectivity index (χ2v) is 8.48. The van der Waals surface area contributed by atoms with E-state index in [1.54, 1.807) is 36.5 Å². The van der Waals surface area contributed by atoms with Gasteiger partial charge in [-0.1, -0.05) is 6.07 Å². The largest absolute Gasteiger partial charge is 0.414 e. The Kier molecular flexibility index (Phi) is 3.59. The van der Waals surface area contributed by atoms with Crippen LogP contribution in [0, 0.1) is 0 Å². The van der Waals surface area contributed by atoms with Gasteiger partial charge in [-0.25, -0.2) is 13.2 Å². The van der Waals surface area contributed by atoms with Crippen LogP contribution in [0.2, 0.25) is 0 Å². The number of hydrogen-bond donors (Lipinski definition) is 1. The first-order valence-electron chi connectivity index (χ1n) is 7.30. The normalized spacial score (nSPS) is 11.9. The van der Waals surface area contributed by atoms with Gasteiger partial charge in [0.05, 0.1) is 16.1 Å². The summed E-state index contributed by atoms with van der Waals surface area (Å²) in [7, 11) is -3.33. The fourth-order valence-electron chi connectivity index (χ4n) is 2.60. The van der Waals surface area contributed by atoms with Gasteiger partial charge in [-0.2, -0.15) is 0 Å². The molecule has 0 atom stereocenters. The molecule has 0 amide bonds. The minimum Gasteiger partial charge on any atom is -0.414 e. The molecule has 0 bridgehead atoms. The Morgan fingerprint density at radius 2 is 1.96 bits per heavy atom. The van der Waals surface area contributed by atoms with E-state index in [1.165, 1.54) is 12.3 Å². The summed E-state index contributed by atoms with van der Waals surface area (Å²) in [5.41, 5.74) is 2.59. The van der Waals surface area contributed by atoms with Gasteiger partial charge in [0.2, 0.25) is 0 Å². The quantitative estimate of drug-likeness (QED) is 0.591. The molecule has 0 radical (unpaired) electrons. The zero-order valence-electron chi connectivity index (χ0n) is 13.0. The van der Waals surface area contributed by atoms with Crippen LogP contribution in [0.5, 0.6) is 0 Å². The fourth-order valence-corrected chi connectivity index (χ4v) is 3.99. The van der Waals surface area contributed by atoms with Crippen molar-refractivity contribution >= 4 is 53.7 Å². The summed E-state index contributed by atoms with van der Waals surface area (Å²) in [5.74, 6) is 0. The lowest BCUT2D eigenvalue weighted by Crippen LogP contribution is -1.98. The maximum atomic E-state index is 11.8. The van der Waals surface area contributed by atoms with Crippen LogP contribution in [0.3, 0.4) is 0 Å². The smallest absolute Gasteiger partial charge is 0.396 e. The maximum absolute atomic E-state index is 11.8. The second kappa shape index (κ2) is 5.68. The van der Waals surface area contributed by atoms with Crippen LogP contribution in [0.25, 0.3) is 21.2 Å². The Labute approximate surface area is 146 Å². The minimum atomic E-state index is -3.33. The number of anilines is 2. The van der Waals surface area contributed by atoms with Crippen LogP contribution in [0.1, 0.15) is 0 Å². The first-order valence-corrected chi connectivity index (χ1v) is 10.0. The van der Waals surface area contributed by atoms with E-state index in [4.69, 9.17) is 4.42 Å². The zero-order valence-corrected chi connectivity index (χ0v) is 14.6. The number of fused-ring (bicyclic) bond motifs is 2. The highest BCUT2D eigenvalue weighted by Gasteiger charge is 2.12. The molecule has 0 aliphatic rings. The summed E-state index contributed by atoms with van der Waals surface area (Å²) in [6, 6.07) is 11.9. The van der Waals surface area contributed by atoms with Crippen molar-refractivity contribution in [2.75, 3.05) is 11.6 Å². The molecule has 0 unspecified atom stereocenters. The third-order valence-corrected chi connectivity index (χ3v) is 5.75. The fraction of sp³-hybridized carbons (Fsp3) is 0.0588. The zero-order chi connectivity index (χ0) is 17.6. The summed E-state index contributed by atoms with van der Waals surface area (Å²) >= 11 is 1.01. The van der Waals surface area contributed by atoms with E-state index in [-0.39, 0.29) is 9.83 Å². The monoisotopic (exact) mass is 372 g/mol. The molecule has 2 aromatic carbocycles. The number of sulfone groups is 1. The summed E-state index contributed by atoms with van der Waals surface area (Å²) in [4.78, 5) is 15.6. The van der Waals surface area contributed by atoms with Crippen molar-refractivity contribution in [3.63, 3.8) is 0 Å². The molecular formula is C17H12N2O4S2. The van der Waals surface area contributed by atoms with Crippen LogP contribution in [0.4, 0.5) is 11.4 Å². The molecule has 6 nitrogen and oxygen atoms in total. The van der Waals surface area contributed by atoms with Crippen molar-refractivity contribution in [3.05, 3.63) is 58.4 Å². The van der Waals surface area contributed by atoms with E-state index in [0.29, 0.717) is 32.6 Å². The molecule has 0 spiro atoms.